The van der Waals surface area contributed by atoms with Crippen LogP contribution in [0.4, 0.5) is 0 Å². The molecule has 6 heteroatoms. The predicted octanol–water partition coefficient (Wildman–Crippen LogP) is 0.682. The number of benzene rings is 1. The molecule has 4 rings (SSSR count). The third-order valence-electron chi connectivity index (χ3n) is 5.67. The van der Waals surface area contributed by atoms with Gasteiger partial charge in [-0.15, -0.1) is 11.3 Å². The largest absolute Gasteiger partial charge is 0.507 e. The van der Waals surface area contributed by atoms with Gasteiger partial charge in [0.25, 0.3) is 0 Å². The number of hydrogen-bond donors (Lipinski definition) is 3. The van der Waals surface area contributed by atoms with Gasteiger partial charge in [-0.2, -0.15) is 0 Å². The van der Waals surface area contributed by atoms with Gasteiger partial charge in [-0.25, -0.2) is 0 Å². The summed E-state index contributed by atoms with van der Waals surface area (Å²) < 4.78 is 5.98. The fraction of sp³-hybridized carbons (Fsp3) is 0.381. The molecule has 3 heterocycles. The molecule has 0 atom stereocenters. The van der Waals surface area contributed by atoms with Crippen molar-refractivity contribution in [2.45, 2.75) is 20.4 Å². The smallest absolute Gasteiger partial charge is 0.232 e. The Morgan fingerprint density at radius 2 is 1.93 bits per heavy atom. The van der Waals surface area contributed by atoms with Crippen molar-refractivity contribution >= 4 is 23.2 Å². The summed E-state index contributed by atoms with van der Waals surface area (Å²) in [6, 6.07) is 5.33. The van der Waals surface area contributed by atoms with Gasteiger partial charge in [-0.1, -0.05) is 0 Å². The summed E-state index contributed by atoms with van der Waals surface area (Å²) in [7, 11) is 0. The highest BCUT2D eigenvalue weighted by Gasteiger charge is 2.33. The average molecular weight is 387 g/mol. The van der Waals surface area contributed by atoms with Crippen LogP contribution in [0.5, 0.6) is 11.5 Å². The van der Waals surface area contributed by atoms with Crippen molar-refractivity contribution in [2.24, 2.45) is 0 Å². The first-order valence-electron chi connectivity index (χ1n) is 9.57. The number of rotatable bonds is 4. The summed E-state index contributed by atoms with van der Waals surface area (Å²) >= 11 is 1.59. The van der Waals surface area contributed by atoms with E-state index >= 15 is 0 Å². The lowest BCUT2D eigenvalue weighted by Gasteiger charge is -2.29. The van der Waals surface area contributed by atoms with Crippen molar-refractivity contribution in [3.8, 4) is 11.5 Å². The van der Waals surface area contributed by atoms with E-state index in [1.807, 2.05) is 24.4 Å². The Morgan fingerprint density at radius 1 is 1.19 bits per heavy atom. The number of ketones is 1. The molecule has 1 aromatic heterocycles. The summed E-state index contributed by atoms with van der Waals surface area (Å²) in [6.45, 7) is 10.5. The monoisotopic (exact) mass is 386 g/mol. The van der Waals surface area contributed by atoms with Gasteiger partial charge in [-0.3, -0.25) is 4.79 Å². The maximum Gasteiger partial charge on any atom is 0.232 e. The molecule has 2 aromatic rings. The van der Waals surface area contributed by atoms with Crippen LogP contribution in [0, 0.1) is 6.92 Å². The Morgan fingerprint density at radius 3 is 2.59 bits per heavy atom. The second kappa shape index (κ2) is 7.46. The van der Waals surface area contributed by atoms with Gasteiger partial charge in [0, 0.05) is 11.0 Å². The number of piperazine rings is 1. The van der Waals surface area contributed by atoms with Gasteiger partial charge < -0.3 is 19.6 Å². The zero-order valence-corrected chi connectivity index (χ0v) is 16.6. The number of carbonyl (C=O) groups excluding carboxylic acids is 1. The van der Waals surface area contributed by atoms with E-state index in [9.17, 15) is 9.90 Å². The van der Waals surface area contributed by atoms with Crippen LogP contribution >= 0.6 is 11.3 Å². The van der Waals surface area contributed by atoms with Crippen LogP contribution < -0.4 is 14.5 Å². The number of thiophene rings is 1. The number of aromatic hydroxyl groups is 1. The molecular formula is C21H26N2O3S+2. The predicted molar refractivity (Wildman–Crippen MR) is 106 cm³/mol. The molecule has 1 saturated heterocycles. The van der Waals surface area contributed by atoms with Crippen LogP contribution in [0.25, 0.3) is 6.08 Å². The minimum absolute atomic E-state index is 0.103. The summed E-state index contributed by atoms with van der Waals surface area (Å²) in [5.74, 6) is 0.998. The third-order valence-corrected chi connectivity index (χ3v) is 6.64. The summed E-state index contributed by atoms with van der Waals surface area (Å²) in [6.07, 6.45) is 1.82. The van der Waals surface area contributed by atoms with Crippen molar-refractivity contribution in [1.82, 2.24) is 0 Å². The first-order chi connectivity index (χ1) is 13.1. The van der Waals surface area contributed by atoms with Crippen LogP contribution in [0.3, 0.4) is 0 Å². The number of hydrogen-bond acceptors (Lipinski definition) is 4. The minimum atomic E-state index is -0.103. The Hall–Kier alpha value is -2.15. The minimum Gasteiger partial charge on any atom is -0.507 e. The van der Waals surface area contributed by atoms with Gasteiger partial charge in [-0.05, 0) is 43.0 Å². The number of allylic oxidation sites excluding steroid dienone is 1. The SMILES string of the molecule is CC[NH+]1CC[NH+](Cc2c(O)ccc3c2O/C(=C\c2sccc2C)C3=O)CC1. The zero-order chi connectivity index (χ0) is 19.0. The quantitative estimate of drug-likeness (QED) is 0.678. The number of phenolic OH excluding ortho intramolecular Hbond substituents is 1. The molecule has 0 aliphatic carbocycles. The topological polar surface area (TPSA) is 55.4 Å². The van der Waals surface area contributed by atoms with Gasteiger partial charge in [0.15, 0.2) is 11.5 Å². The third kappa shape index (κ3) is 3.52. The van der Waals surface area contributed by atoms with E-state index in [1.165, 1.54) is 4.90 Å². The second-order valence-corrected chi connectivity index (χ2v) is 8.33. The van der Waals surface area contributed by atoms with E-state index in [1.54, 1.807) is 28.4 Å². The lowest BCUT2D eigenvalue weighted by molar-refractivity contribution is -1.02. The molecule has 0 spiro atoms. The molecule has 1 aromatic carbocycles. The maximum atomic E-state index is 12.8. The Kier molecular flexibility index (Phi) is 5.04. The number of Topliss-reactive ketones (excluding diaryl/α,β-unsaturated/α-hetero) is 1. The van der Waals surface area contributed by atoms with Crippen LogP contribution in [-0.2, 0) is 6.54 Å². The molecule has 1 fully saturated rings. The van der Waals surface area contributed by atoms with E-state index in [2.05, 4.69) is 6.92 Å². The number of carbonyl (C=O) groups is 1. The number of fused-ring (bicyclic) bond motifs is 1. The highest BCUT2D eigenvalue weighted by Crippen LogP contribution is 2.39. The highest BCUT2D eigenvalue weighted by molar-refractivity contribution is 7.11. The van der Waals surface area contributed by atoms with Crippen LogP contribution in [0.15, 0.2) is 29.3 Å². The van der Waals surface area contributed by atoms with Crippen molar-refractivity contribution in [3.63, 3.8) is 0 Å². The summed E-state index contributed by atoms with van der Waals surface area (Å²) in [5, 5.41) is 12.5. The van der Waals surface area contributed by atoms with Crippen LogP contribution in [-0.4, -0.2) is 43.6 Å². The number of phenols is 1. The molecule has 0 unspecified atom stereocenters. The Balaban J connectivity index is 1.59. The normalized spacial score (nSPS) is 23.5. The van der Waals surface area contributed by atoms with E-state index in [0.717, 1.165) is 48.7 Å². The first kappa shape index (κ1) is 18.2. The van der Waals surface area contributed by atoms with Gasteiger partial charge in [0.2, 0.25) is 5.78 Å². The molecule has 2 aliphatic heterocycles. The number of quaternary nitrogens is 2. The Bertz CT molecular complexity index is 895. The van der Waals surface area contributed by atoms with Gasteiger partial charge >= 0.3 is 0 Å². The lowest BCUT2D eigenvalue weighted by atomic mass is 10.0. The fourth-order valence-corrected chi connectivity index (χ4v) is 4.70. The number of likely N-dealkylation sites (N-methyl/N-ethyl adjacent to an activating group) is 1. The van der Waals surface area contributed by atoms with E-state index in [4.69, 9.17) is 4.74 Å². The Labute approximate surface area is 163 Å². The van der Waals surface area contributed by atoms with E-state index in [0.29, 0.717) is 23.6 Å². The standard InChI is InChI=1S/C21H24N2O3S/c1-3-22-7-9-23(10-8-22)13-16-17(24)5-4-15-20(25)18(26-21(15)16)12-19-14(2)6-11-27-19/h4-6,11-12,24H,3,7-10,13H2,1-2H3/p+2/b18-12-. The molecule has 142 valence electrons. The van der Waals surface area contributed by atoms with Gasteiger partial charge in [0.05, 0.1) is 17.7 Å². The second-order valence-electron chi connectivity index (χ2n) is 7.38. The van der Waals surface area contributed by atoms with Crippen molar-refractivity contribution < 1.29 is 24.4 Å². The molecule has 0 amide bonds. The summed E-state index contributed by atoms with van der Waals surface area (Å²) in [4.78, 5) is 16.9. The first-order valence-corrected chi connectivity index (χ1v) is 10.4. The molecule has 2 aliphatic rings. The van der Waals surface area contributed by atoms with Crippen molar-refractivity contribution in [1.29, 1.82) is 0 Å². The molecule has 0 bridgehead atoms. The molecular weight excluding hydrogens is 360 g/mol. The van der Waals surface area contributed by atoms with E-state index in [-0.39, 0.29) is 11.5 Å². The van der Waals surface area contributed by atoms with Crippen molar-refractivity contribution in [3.05, 3.63) is 50.9 Å². The van der Waals surface area contributed by atoms with Gasteiger partial charge in [0.1, 0.15) is 38.5 Å². The molecule has 0 radical (unpaired) electrons. The van der Waals surface area contributed by atoms with Crippen molar-refractivity contribution in [2.75, 3.05) is 32.7 Å². The summed E-state index contributed by atoms with van der Waals surface area (Å²) in [5.41, 5.74) is 2.44. The van der Waals surface area contributed by atoms with Crippen LogP contribution in [0.2, 0.25) is 0 Å². The maximum absolute atomic E-state index is 12.8. The number of ether oxygens (including phenoxy) is 1. The van der Waals surface area contributed by atoms with E-state index < -0.39 is 0 Å². The highest BCUT2D eigenvalue weighted by atomic mass is 32.1. The average Bonchev–Trinajstić information content (AvgIpc) is 3.22. The number of aryl methyl sites for hydroxylation is 1. The molecule has 0 saturated carbocycles. The lowest BCUT2D eigenvalue weighted by Crippen LogP contribution is -3.27. The number of nitrogens with one attached hydrogen (secondary N) is 2. The van der Waals surface area contributed by atoms with Crippen LogP contribution in [0.1, 0.15) is 33.3 Å². The molecule has 3 N–H and O–H groups in total. The zero-order valence-electron chi connectivity index (χ0n) is 15.8. The fourth-order valence-electron chi connectivity index (χ4n) is 3.86. The molecule has 27 heavy (non-hydrogen) atoms. The molecule has 5 nitrogen and oxygen atoms in total.